The van der Waals surface area contributed by atoms with Crippen LogP contribution in [0, 0.1) is 10.1 Å². The van der Waals surface area contributed by atoms with Crippen LogP contribution >= 0.6 is 0 Å². The molecule has 0 bridgehead atoms. The molecule has 0 saturated carbocycles. The molecule has 6 rings (SSSR count). The van der Waals surface area contributed by atoms with Crippen LogP contribution in [0.15, 0.2) is 72.9 Å². The van der Waals surface area contributed by atoms with Crippen molar-refractivity contribution in [2.45, 2.75) is 39.7 Å². The molecule has 0 atom stereocenters. The van der Waals surface area contributed by atoms with E-state index < -0.39 is 22.2 Å². The van der Waals surface area contributed by atoms with Crippen LogP contribution in [0.3, 0.4) is 0 Å². The Bertz CT molecular complexity index is 2030. The number of benzene rings is 2. The van der Waals surface area contributed by atoms with Crippen LogP contribution in [0.1, 0.15) is 44.6 Å². The molecule has 2 N–H and O–H groups in total. The van der Waals surface area contributed by atoms with Crippen LogP contribution in [0.25, 0.3) is 28.2 Å². The molecular weight excluding hydrogens is 626 g/mol. The maximum Gasteiger partial charge on any atom is 0.433 e. The van der Waals surface area contributed by atoms with Crippen LogP contribution in [0.2, 0.25) is 0 Å². The number of nitro groups is 1. The van der Waals surface area contributed by atoms with Gasteiger partial charge in [0.15, 0.2) is 11.3 Å². The van der Waals surface area contributed by atoms with E-state index in [1.165, 1.54) is 37.6 Å². The molecule has 0 aliphatic carbocycles. The van der Waals surface area contributed by atoms with Crippen molar-refractivity contribution in [3.8, 4) is 34.1 Å². The van der Waals surface area contributed by atoms with Crippen molar-refractivity contribution in [3.63, 3.8) is 0 Å². The maximum absolute atomic E-state index is 12.9. The number of hydrogen-bond acceptors (Lipinski definition) is 12. The Morgan fingerprint density at radius 2 is 1.85 bits per heavy atom. The maximum atomic E-state index is 12.9. The lowest BCUT2D eigenvalue weighted by Crippen LogP contribution is -2.28. The minimum atomic E-state index is -0.694. The number of carbonyl (C=O) groups excluding carboxylic acids is 1. The summed E-state index contributed by atoms with van der Waals surface area (Å²) in [6.45, 7) is 8.53. The molecule has 1 saturated heterocycles. The summed E-state index contributed by atoms with van der Waals surface area (Å²) >= 11 is 0. The number of amides is 1. The van der Waals surface area contributed by atoms with Gasteiger partial charge in [0.2, 0.25) is 0 Å². The fraction of sp³-hybridized carbons (Fsp3) is 0.265. The van der Waals surface area contributed by atoms with Gasteiger partial charge in [-0.25, -0.2) is 9.59 Å². The first-order chi connectivity index (χ1) is 22.8. The number of furan rings is 1. The van der Waals surface area contributed by atoms with E-state index in [2.05, 4.69) is 15.9 Å². The Balaban J connectivity index is 0.000000236. The van der Waals surface area contributed by atoms with Crippen molar-refractivity contribution in [2.75, 3.05) is 20.3 Å². The third kappa shape index (κ3) is 6.87. The molecule has 0 radical (unpaired) electrons. The number of fused-ring (bicyclic) bond motifs is 3. The quantitative estimate of drug-likeness (QED) is 0.0720. The fourth-order valence-corrected chi connectivity index (χ4v) is 5.02. The van der Waals surface area contributed by atoms with E-state index in [-0.39, 0.29) is 40.9 Å². The highest BCUT2D eigenvalue weighted by Crippen LogP contribution is 2.49. The van der Waals surface area contributed by atoms with Crippen molar-refractivity contribution in [1.29, 1.82) is 0 Å². The number of rotatable bonds is 7. The first-order valence-electron chi connectivity index (χ1n) is 14.8. The van der Waals surface area contributed by atoms with Gasteiger partial charge in [0, 0.05) is 5.56 Å². The number of ether oxygens (including phenoxy) is 3. The monoisotopic (exact) mass is 659 g/mol. The molecular formula is C34H33N3O11. The molecule has 4 heterocycles. The number of nitrogens with zero attached hydrogens (tertiary/aromatic N) is 3. The SMILES string of the molecule is COc1c(CC=C(C)C)c2c(c3oc(=O)c(-c4ccc(O)cc4)c(O)c13)C=CC(C)(C)O2.O=C1OCCN1N=Cc1ccc([N+](=O)[O-])o1. The van der Waals surface area contributed by atoms with Crippen molar-refractivity contribution in [1.82, 2.24) is 5.01 Å². The van der Waals surface area contributed by atoms with Gasteiger partial charge in [-0.15, -0.1) is 0 Å². The largest absolute Gasteiger partial charge is 0.508 e. The van der Waals surface area contributed by atoms with Crippen LogP contribution in [-0.2, 0) is 11.2 Å². The van der Waals surface area contributed by atoms with E-state index in [9.17, 15) is 29.9 Å². The third-order valence-corrected chi connectivity index (χ3v) is 7.31. The molecule has 1 amide bonds. The highest BCUT2D eigenvalue weighted by molar-refractivity contribution is 6.02. The van der Waals surface area contributed by atoms with Crippen molar-refractivity contribution in [2.24, 2.45) is 5.10 Å². The summed E-state index contributed by atoms with van der Waals surface area (Å²) in [6, 6.07) is 8.59. The molecule has 1 fully saturated rings. The number of carbonyl (C=O) groups is 1. The molecule has 2 aromatic heterocycles. The number of methoxy groups -OCH3 is 1. The van der Waals surface area contributed by atoms with Crippen molar-refractivity contribution >= 4 is 35.2 Å². The van der Waals surface area contributed by atoms with E-state index in [0.29, 0.717) is 41.0 Å². The summed E-state index contributed by atoms with van der Waals surface area (Å²) < 4.78 is 27.2. The predicted molar refractivity (Wildman–Crippen MR) is 176 cm³/mol. The second kappa shape index (κ2) is 13.4. The third-order valence-electron chi connectivity index (χ3n) is 7.31. The Kier molecular flexibility index (Phi) is 9.27. The second-order valence-corrected chi connectivity index (χ2v) is 11.6. The van der Waals surface area contributed by atoms with E-state index in [1.807, 2.05) is 39.8 Å². The molecule has 2 aliphatic rings. The number of allylic oxidation sites excluding steroid dienone is 2. The van der Waals surface area contributed by atoms with Gasteiger partial charge in [0.1, 0.15) is 51.1 Å². The minimum Gasteiger partial charge on any atom is -0.508 e. The van der Waals surface area contributed by atoms with E-state index in [1.54, 1.807) is 12.1 Å². The van der Waals surface area contributed by atoms with Gasteiger partial charge in [-0.3, -0.25) is 10.1 Å². The molecule has 14 nitrogen and oxygen atoms in total. The van der Waals surface area contributed by atoms with Crippen molar-refractivity contribution < 1.29 is 43.0 Å². The fourth-order valence-electron chi connectivity index (χ4n) is 5.02. The van der Waals surface area contributed by atoms with Crippen molar-refractivity contribution in [3.05, 3.63) is 91.5 Å². The van der Waals surface area contributed by atoms with Gasteiger partial charge in [-0.2, -0.15) is 10.1 Å². The highest BCUT2D eigenvalue weighted by atomic mass is 16.6. The summed E-state index contributed by atoms with van der Waals surface area (Å²) in [5.41, 5.74) is 1.85. The Hall–Kier alpha value is -6.05. The smallest absolute Gasteiger partial charge is 0.433 e. The molecule has 4 aromatic rings. The zero-order chi connectivity index (χ0) is 34.7. The Labute approximate surface area is 273 Å². The predicted octanol–water partition coefficient (Wildman–Crippen LogP) is 6.55. The second-order valence-electron chi connectivity index (χ2n) is 11.6. The molecule has 14 heteroatoms. The van der Waals surface area contributed by atoms with Crippen LogP contribution < -0.4 is 15.1 Å². The molecule has 2 aliphatic heterocycles. The summed E-state index contributed by atoms with van der Waals surface area (Å²) in [5, 5.41) is 36.4. The Morgan fingerprint density at radius 1 is 1.12 bits per heavy atom. The number of aromatic hydroxyl groups is 2. The number of phenolic OH excluding ortho intramolecular Hbond substituents is 1. The van der Waals surface area contributed by atoms with E-state index in [0.717, 1.165) is 16.1 Å². The van der Waals surface area contributed by atoms with Gasteiger partial charge >= 0.3 is 17.6 Å². The summed E-state index contributed by atoms with van der Waals surface area (Å²) in [7, 11) is 1.52. The van der Waals surface area contributed by atoms with Gasteiger partial charge in [-0.1, -0.05) is 23.8 Å². The standard InChI is InChI=1S/C26H26O6.C8H7N3O5/c1-14(2)6-11-17-22-18(12-13-26(3,4)32-22)24-20(23(17)30-5)21(28)19(25(29)31-24)15-7-9-16(27)10-8-15;12-8-10(3-4-15-8)9-5-6-1-2-7(16-6)11(13)14/h6-10,12-13,27-28H,11H2,1-5H3;1-2,5H,3-4H2. The van der Waals surface area contributed by atoms with E-state index in [4.69, 9.17) is 18.3 Å². The number of hydrazone groups is 1. The van der Waals surface area contributed by atoms with Gasteiger partial charge in [0.05, 0.1) is 31.5 Å². The lowest BCUT2D eigenvalue weighted by atomic mass is 9.93. The van der Waals surface area contributed by atoms with Gasteiger partial charge in [0.25, 0.3) is 0 Å². The zero-order valence-corrected chi connectivity index (χ0v) is 26.8. The zero-order valence-electron chi connectivity index (χ0n) is 26.8. The average Bonchev–Trinajstić information content (AvgIpc) is 3.68. The first-order valence-corrected chi connectivity index (χ1v) is 14.8. The minimum absolute atomic E-state index is 0.00458. The lowest BCUT2D eigenvalue weighted by Gasteiger charge is -2.31. The average molecular weight is 660 g/mol. The summed E-state index contributed by atoms with van der Waals surface area (Å²) in [4.78, 5) is 33.6. The molecule has 2 aromatic carbocycles. The molecule has 0 spiro atoms. The van der Waals surface area contributed by atoms with Crippen LogP contribution in [0.5, 0.6) is 23.0 Å². The lowest BCUT2D eigenvalue weighted by molar-refractivity contribution is -0.402. The number of cyclic esters (lactones) is 1. The van der Waals surface area contributed by atoms with E-state index >= 15 is 0 Å². The normalized spacial score (nSPS) is 14.6. The number of hydrogen-bond donors (Lipinski definition) is 2. The van der Waals surface area contributed by atoms with Gasteiger partial charge < -0.3 is 33.3 Å². The van der Waals surface area contributed by atoms with Crippen LogP contribution in [-0.4, -0.2) is 58.3 Å². The molecule has 48 heavy (non-hydrogen) atoms. The number of phenols is 1. The topological polar surface area (TPSA) is 187 Å². The summed E-state index contributed by atoms with van der Waals surface area (Å²) in [5.74, 6) is 0.608. The van der Waals surface area contributed by atoms with Crippen LogP contribution in [0.4, 0.5) is 10.7 Å². The highest BCUT2D eigenvalue weighted by Gasteiger charge is 2.32. The van der Waals surface area contributed by atoms with Gasteiger partial charge in [-0.05, 0) is 70.0 Å². The summed E-state index contributed by atoms with van der Waals surface area (Å²) in [6.07, 6.45) is 6.99. The molecule has 250 valence electrons. The first kappa shape index (κ1) is 33.3. The Morgan fingerprint density at radius 3 is 2.46 bits per heavy atom. The molecule has 0 unspecified atom stereocenters.